The molecule has 0 radical (unpaired) electrons. The molecule has 1 heterocycles. The van der Waals surface area contributed by atoms with Gasteiger partial charge in [0.1, 0.15) is 12.4 Å². The Labute approximate surface area is 222 Å². The first-order chi connectivity index (χ1) is 18.7. The lowest BCUT2D eigenvalue weighted by Crippen LogP contribution is -2.28. The van der Waals surface area contributed by atoms with E-state index >= 15 is 0 Å². The van der Waals surface area contributed by atoms with Gasteiger partial charge in [-0.25, -0.2) is 4.39 Å². The quantitative estimate of drug-likeness (QED) is 0.205. The van der Waals surface area contributed by atoms with Crippen molar-refractivity contribution in [3.05, 3.63) is 131 Å². The Kier molecular flexibility index (Phi) is 6.65. The second-order valence-electron chi connectivity index (χ2n) is 9.74. The minimum Gasteiger partial charge on any atom is -0.493 e. The summed E-state index contributed by atoms with van der Waals surface area (Å²) in [5.74, 6) is 1.90. The molecule has 0 fully saturated rings. The van der Waals surface area contributed by atoms with Gasteiger partial charge in [0, 0.05) is 17.8 Å². The number of hydrogen-bond acceptors (Lipinski definition) is 4. The first-order valence-electron chi connectivity index (χ1n) is 12.9. The van der Waals surface area contributed by atoms with Gasteiger partial charge in [0.25, 0.3) is 0 Å². The molecule has 4 aromatic rings. The van der Waals surface area contributed by atoms with Gasteiger partial charge in [-0.3, -0.25) is 4.99 Å². The standard InChI is InChI=1S/C33H29FN2O2/c1-37-32-19-22(12-17-31(32)38-21-23-6-4-7-25(34)18-23)20-35-26-15-13-24(14-16-26)33-29-10-5-9-27(29)28-8-2-3-11-30(28)36-33/h2-9,11-20,27,29,33,36H,10,21H2,1H3/t27-,29-,33-/m0/s1. The van der Waals surface area contributed by atoms with Gasteiger partial charge >= 0.3 is 0 Å². The fourth-order valence-electron chi connectivity index (χ4n) is 5.46. The Hall–Kier alpha value is -4.38. The number of benzene rings is 4. The van der Waals surface area contributed by atoms with E-state index in [1.165, 1.54) is 28.9 Å². The molecular formula is C33H29FN2O2. The number of nitrogens with zero attached hydrogens (tertiary/aromatic N) is 1. The van der Waals surface area contributed by atoms with Gasteiger partial charge in [0.05, 0.1) is 18.8 Å². The van der Waals surface area contributed by atoms with Gasteiger partial charge in [-0.2, -0.15) is 0 Å². The highest BCUT2D eigenvalue weighted by atomic mass is 19.1. The van der Waals surface area contributed by atoms with Crippen LogP contribution < -0.4 is 14.8 Å². The molecule has 0 amide bonds. The molecule has 4 aromatic carbocycles. The highest BCUT2D eigenvalue weighted by molar-refractivity contribution is 5.83. The molecule has 4 nitrogen and oxygen atoms in total. The monoisotopic (exact) mass is 504 g/mol. The van der Waals surface area contributed by atoms with Crippen LogP contribution in [-0.2, 0) is 6.61 Å². The lowest BCUT2D eigenvalue weighted by molar-refractivity contribution is 0.284. The molecule has 5 heteroatoms. The number of ether oxygens (including phenoxy) is 2. The zero-order valence-electron chi connectivity index (χ0n) is 21.2. The van der Waals surface area contributed by atoms with Gasteiger partial charge in [0.2, 0.25) is 0 Å². The molecule has 1 aliphatic heterocycles. The van der Waals surface area contributed by atoms with E-state index in [9.17, 15) is 4.39 Å². The summed E-state index contributed by atoms with van der Waals surface area (Å²) >= 11 is 0. The van der Waals surface area contributed by atoms with Crippen LogP contribution in [0.2, 0.25) is 0 Å². The first-order valence-corrected chi connectivity index (χ1v) is 12.9. The molecule has 0 bridgehead atoms. The van der Waals surface area contributed by atoms with Crippen LogP contribution in [0.15, 0.2) is 108 Å². The Morgan fingerprint density at radius 2 is 1.82 bits per heavy atom. The molecule has 1 aliphatic carbocycles. The van der Waals surface area contributed by atoms with Gasteiger partial charge in [-0.05, 0) is 83.1 Å². The highest BCUT2D eigenvalue weighted by Gasteiger charge is 2.37. The second kappa shape index (κ2) is 10.5. The molecule has 3 atom stereocenters. The fourth-order valence-corrected chi connectivity index (χ4v) is 5.46. The average molecular weight is 505 g/mol. The Morgan fingerprint density at radius 1 is 0.947 bits per heavy atom. The van der Waals surface area contributed by atoms with Crippen LogP contribution in [-0.4, -0.2) is 13.3 Å². The van der Waals surface area contributed by atoms with Crippen molar-refractivity contribution in [2.45, 2.75) is 25.0 Å². The van der Waals surface area contributed by atoms with E-state index in [0.29, 0.717) is 23.3 Å². The molecule has 1 N–H and O–H groups in total. The van der Waals surface area contributed by atoms with Crippen LogP contribution in [0, 0.1) is 11.7 Å². The predicted molar refractivity (Wildman–Crippen MR) is 150 cm³/mol. The maximum Gasteiger partial charge on any atom is 0.161 e. The topological polar surface area (TPSA) is 42.8 Å². The smallest absolute Gasteiger partial charge is 0.161 e. The number of rotatable bonds is 7. The van der Waals surface area contributed by atoms with E-state index in [1.54, 1.807) is 13.2 Å². The summed E-state index contributed by atoms with van der Waals surface area (Å²) in [4.78, 5) is 4.68. The molecule has 190 valence electrons. The molecule has 0 spiro atoms. The SMILES string of the molecule is COc1cc(C=Nc2ccc([C@@H]3Nc4ccccc4[C@@H]4C=CC[C@@H]43)cc2)ccc1OCc1cccc(F)c1. The number of allylic oxidation sites excluding steroid dienone is 2. The van der Waals surface area contributed by atoms with Crippen molar-refractivity contribution in [2.24, 2.45) is 10.9 Å². The molecular weight excluding hydrogens is 475 g/mol. The van der Waals surface area contributed by atoms with E-state index in [1.807, 2.05) is 30.5 Å². The van der Waals surface area contributed by atoms with E-state index in [2.05, 4.69) is 71.0 Å². The lowest BCUT2D eigenvalue weighted by Gasteiger charge is -2.37. The van der Waals surface area contributed by atoms with E-state index < -0.39 is 0 Å². The van der Waals surface area contributed by atoms with Crippen molar-refractivity contribution < 1.29 is 13.9 Å². The van der Waals surface area contributed by atoms with E-state index in [-0.39, 0.29) is 18.5 Å². The third-order valence-corrected chi connectivity index (χ3v) is 7.36. The van der Waals surface area contributed by atoms with Crippen LogP contribution >= 0.6 is 0 Å². The highest BCUT2D eigenvalue weighted by Crippen LogP contribution is 2.49. The van der Waals surface area contributed by atoms with Crippen molar-refractivity contribution in [3.63, 3.8) is 0 Å². The summed E-state index contributed by atoms with van der Waals surface area (Å²) in [6.45, 7) is 0.257. The average Bonchev–Trinajstić information content (AvgIpc) is 3.46. The van der Waals surface area contributed by atoms with Crippen LogP contribution in [0.1, 0.15) is 40.6 Å². The molecule has 0 saturated carbocycles. The first kappa shape index (κ1) is 24.0. The maximum absolute atomic E-state index is 13.4. The fraction of sp³-hybridized carbons (Fsp3) is 0.182. The predicted octanol–water partition coefficient (Wildman–Crippen LogP) is 7.99. The maximum atomic E-state index is 13.4. The zero-order valence-corrected chi connectivity index (χ0v) is 21.2. The number of nitrogens with one attached hydrogen (secondary N) is 1. The number of fused-ring (bicyclic) bond motifs is 3. The summed E-state index contributed by atoms with van der Waals surface area (Å²) in [6, 6.07) is 29.4. The number of methoxy groups -OCH3 is 1. The molecule has 38 heavy (non-hydrogen) atoms. The number of anilines is 1. The Bertz CT molecular complexity index is 1500. The summed E-state index contributed by atoms with van der Waals surface area (Å²) < 4.78 is 24.8. The van der Waals surface area contributed by atoms with Crippen molar-refractivity contribution in [1.29, 1.82) is 0 Å². The molecule has 0 aromatic heterocycles. The third kappa shape index (κ3) is 4.92. The normalized spacial score (nSPS) is 19.6. The van der Waals surface area contributed by atoms with Crippen LogP contribution in [0.25, 0.3) is 0 Å². The lowest BCUT2D eigenvalue weighted by atomic mass is 9.77. The summed E-state index contributed by atoms with van der Waals surface area (Å²) in [5.41, 5.74) is 6.44. The largest absolute Gasteiger partial charge is 0.493 e. The molecule has 6 rings (SSSR count). The second-order valence-corrected chi connectivity index (χ2v) is 9.74. The van der Waals surface area contributed by atoms with Gasteiger partial charge in [-0.1, -0.05) is 54.6 Å². The van der Waals surface area contributed by atoms with Crippen LogP contribution in [0.3, 0.4) is 0 Å². The van der Waals surface area contributed by atoms with Crippen LogP contribution in [0.5, 0.6) is 11.5 Å². The van der Waals surface area contributed by atoms with Crippen molar-refractivity contribution in [1.82, 2.24) is 0 Å². The minimum atomic E-state index is -0.280. The Balaban J connectivity index is 1.14. The van der Waals surface area contributed by atoms with Gasteiger partial charge < -0.3 is 14.8 Å². The molecule has 0 saturated heterocycles. The summed E-state index contributed by atoms with van der Waals surface area (Å²) in [7, 11) is 1.60. The van der Waals surface area contributed by atoms with Crippen LogP contribution in [0.4, 0.5) is 15.8 Å². The minimum absolute atomic E-state index is 0.257. The van der Waals surface area contributed by atoms with Gasteiger partial charge in [-0.15, -0.1) is 0 Å². The Morgan fingerprint density at radius 3 is 2.66 bits per heavy atom. The van der Waals surface area contributed by atoms with Crippen molar-refractivity contribution in [2.75, 3.05) is 12.4 Å². The third-order valence-electron chi connectivity index (χ3n) is 7.36. The molecule has 2 aliphatic rings. The number of para-hydroxylation sites is 1. The molecule has 0 unspecified atom stereocenters. The van der Waals surface area contributed by atoms with Crippen molar-refractivity contribution >= 4 is 17.6 Å². The zero-order chi connectivity index (χ0) is 25.9. The number of aliphatic imine (C=N–C) groups is 1. The summed E-state index contributed by atoms with van der Waals surface area (Å²) in [6.07, 6.45) is 7.58. The number of hydrogen-bond donors (Lipinski definition) is 1. The number of halogens is 1. The van der Waals surface area contributed by atoms with E-state index in [4.69, 9.17) is 9.47 Å². The van der Waals surface area contributed by atoms with Gasteiger partial charge in [0.15, 0.2) is 11.5 Å². The summed E-state index contributed by atoms with van der Waals surface area (Å²) in [5, 5.41) is 3.78. The van der Waals surface area contributed by atoms with Crippen molar-refractivity contribution in [3.8, 4) is 11.5 Å². The van der Waals surface area contributed by atoms with E-state index in [0.717, 1.165) is 23.2 Å².